The Morgan fingerprint density at radius 3 is 2.62 bits per heavy atom. The average Bonchev–Trinajstić information content (AvgIpc) is 3.03. The van der Waals surface area contributed by atoms with Crippen molar-refractivity contribution in [3.05, 3.63) is 71.2 Å². The smallest absolute Gasteiger partial charge is 0.0802 e. The molecule has 2 aromatic heterocycles. The summed E-state index contributed by atoms with van der Waals surface area (Å²) < 4.78 is 0. The van der Waals surface area contributed by atoms with Crippen molar-refractivity contribution in [2.75, 3.05) is 5.32 Å². The highest BCUT2D eigenvalue weighted by Gasteiger charge is 2.04. The molecule has 1 N–H and O–H groups in total. The van der Waals surface area contributed by atoms with Crippen molar-refractivity contribution < 1.29 is 0 Å². The maximum absolute atomic E-state index is 4.39. The minimum atomic E-state index is 0.863. The van der Waals surface area contributed by atoms with E-state index in [4.69, 9.17) is 0 Å². The monoisotopic (exact) mass is 294 g/mol. The highest BCUT2D eigenvalue weighted by molar-refractivity contribution is 7.14. The molecule has 2 nitrogen and oxygen atoms in total. The number of thiophene rings is 1. The topological polar surface area (TPSA) is 24.9 Å². The number of anilines is 1. The van der Waals surface area contributed by atoms with Crippen LogP contribution in [0.25, 0.3) is 10.6 Å². The summed E-state index contributed by atoms with van der Waals surface area (Å²) in [5.41, 5.74) is 4.96. The zero-order valence-corrected chi connectivity index (χ0v) is 12.9. The third-order valence-electron chi connectivity index (χ3n) is 3.50. The molecule has 0 unspecified atom stereocenters. The third kappa shape index (κ3) is 3.31. The number of hydrogen-bond donors (Lipinski definition) is 1. The van der Waals surface area contributed by atoms with E-state index in [-0.39, 0.29) is 0 Å². The zero-order chi connectivity index (χ0) is 14.5. The van der Waals surface area contributed by atoms with Gasteiger partial charge in [-0.15, -0.1) is 11.3 Å². The number of aryl methyl sites for hydroxylation is 1. The first-order valence-electron chi connectivity index (χ1n) is 7.17. The van der Waals surface area contributed by atoms with Gasteiger partial charge in [-0.1, -0.05) is 37.3 Å². The molecule has 0 saturated heterocycles. The van der Waals surface area contributed by atoms with Gasteiger partial charge in [-0.2, -0.15) is 0 Å². The van der Waals surface area contributed by atoms with Crippen molar-refractivity contribution in [1.29, 1.82) is 0 Å². The van der Waals surface area contributed by atoms with Gasteiger partial charge in [0.15, 0.2) is 0 Å². The normalized spacial score (nSPS) is 10.5. The Kier molecular flexibility index (Phi) is 4.31. The van der Waals surface area contributed by atoms with Crippen molar-refractivity contribution in [3.8, 4) is 10.6 Å². The molecule has 0 fully saturated rings. The fourth-order valence-electron chi connectivity index (χ4n) is 2.34. The Morgan fingerprint density at radius 2 is 1.86 bits per heavy atom. The molecule has 0 aliphatic rings. The Balaban J connectivity index is 1.71. The van der Waals surface area contributed by atoms with Crippen LogP contribution in [0, 0.1) is 0 Å². The maximum Gasteiger partial charge on any atom is 0.0802 e. The number of aromatic nitrogens is 1. The number of nitrogens with zero attached hydrogens (tertiary/aromatic N) is 1. The molecule has 0 aliphatic carbocycles. The van der Waals surface area contributed by atoms with E-state index in [1.807, 2.05) is 24.4 Å². The Labute approximate surface area is 129 Å². The first kappa shape index (κ1) is 13.8. The fourth-order valence-corrected chi connectivity index (χ4v) is 3.19. The highest BCUT2D eigenvalue weighted by atomic mass is 32.1. The average molecular weight is 294 g/mol. The van der Waals surface area contributed by atoms with Crippen molar-refractivity contribution in [1.82, 2.24) is 4.98 Å². The van der Waals surface area contributed by atoms with Gasteiger partial charge >= 0.3 is 0 Å². The lowest BCUT2D eigenvalue weighted by Gasteiger charge is -2.08. The lowest BCUT2D eigenvalue weighted by molar-refractivity contribution is 1.05. The van der Waals surface area contributed by atoms with E-state index >= 15 is 0 Å². The summed E-state index contributed by atoms with van der Waals surface area (Å²) in [7, 11) is 0. The molecule has 0 aliphatic heterocycles. The molecular formula is C18H18N2S. The third-order valence-corrected chi connectivity index (χ3v) is 4.45. The van der Waals surface area contributed by atoms with Crippen LogP contribution in [0.3, 0.4) is 0 Å². The summed E-state index contributed by atoms with van der Waals surface area (Å²) in [5.74, 6) is 0. The van der Waals surface area contributed by atoms with Crippen molar-refractivity contribution >= 4 is 17.0 Å². The van der Waals surface area contributed by atoms with Gasteiger partial charge in [-0.25, -0.2) is 0 Å². The maximum atomic E-state index is 4.39. The Hall–Kier alpha value is -2.13. The van der Waals surface area contributed by atoms with Crippen molar-refractivity contribution in [3.63, 3.8) is 0 Å². The molecule has 0 radical (unpaired) electrons. The van der Waals surface area contributed by atoms with Crippen molar-refractivity contribution in [2.24, 2.45) is 0 Å². The molecule has 0 atom stereocenters. The van der Waals surface area contributed by atoms with Gasteiger partial charge in [0.1, 0.15) is 0 Å². The van der Waals surface area contributed by atoms with Crippen LogP contribution < -0.4 is 5.32 Å². The van der Waals surface area contributed by atoms with Crippen LogP contribution in [-0.4, -0.2) is 4.98 Å². The Bertz CT molecular complexity index is 704. The van der Waals surface area contributed by atoms with Gasteiger partial charge in [-0.3, -0.25) is 4.98 Å². The molecule has 3 rings (SSSR count). The molecule has 21 heavy (non-hydrogen) atoms. The van der Waals surface area contributed by atoms with E-state index in [9.17, 15) is 0 Å². The zero-order valence-electron chi connectivity index (χ0n) is 12.0. The van der Waals surface area contributed by atoms with E-state index in [2.05, 4.69) is 52.9 Å². The second-order valence-electron chi connectivity index (χ2n) is 4.89. The van der Waals surface area contributed by atoms with Gasteiger partial charge in [0, 0.05) is 23.8 Å². The summed E-state index contributed by atoms with van der Waals surface area (Å²) in [5, 5.41) is 5.66. The largest absolute Gasteiger partial charge is 0.380 e. The lowest BCUT2D eigenvalue weighted by atomic mass is 10.1. The standard InChI is InChI=1S/C18H18N2S/c1-2-14-7-3-4-8-15(14)12-20-16-11-18(21-13-16)17-9-5-6-10-19-17/h3-11,13,20H,2,12H2,1H3. The molecule has 0 spiro atoms. The Morgan fingerprint density at radius 1 is 1.05 bits per heavy atom. The van der Waals surface area contributed by atoms with Crippen LogP contribution in [0.5, 0.6) is 0 Å². The number of hydrogen-bond acceptors (Lipinski definition) is 3. The van der Waals surface area contributed by atoms with E-state index < -0.39 is 0 Å². The lowest BCUT2D eigenvalue weighted by Crippen LogP contribution is -2.01. The number of nitrogens with one attached hydrogen (secondary N) is 1. The van der Waals surface area contributed by atoms with Gasteiger partial charge < -0.3 is 5.32 Å². The van der Waals surface area contributed by atoms with Gasteiger partial charge in [0.05, 0.1) is 10.6 Å². The first-order valence-corrected chi connectivity index (χ1v) is 8.05. The second kappa shape index (κ2) is 6.55. The predicted molar refractivity (Wildman–Crippen MR) is 90.7 cm³/mol. The molecule has 1 aromatic carbocycles. The van der Waals surface area contributed by atoms with Crippen LogP contribution in [0.4, 0.5) is 5.69 Å². The molecule has 2 heterocycles. The summed E-state index contributed by atoms with van der Waals surface area (Å²) >= 11 is 1.72. The van der Waals surface area contributed by atoms with E-state index in [1.165, 1.54) is 16.0 Å². The molecule has 3 aromatic rings. The second-order valence-corrected chi connectivity index (χ2v) is 5.80. The SMILES string of the molecule is CCc1ccccc1CNc1csc(-c2ccccn2)c1. The van der Waals surface area contributed by atoms with Gasteiger partial charge in [0.25, 0.3) is 0 Å². The van der Waals surface area contributed by atoms with Gasteiger partial charge in [-0.05, 0) is 35.7 Å². The highest BCUT2D eigenvalue weighted by Crippen LogP contribution is 2.28. The quantitative estimate of drug-likeness (QED) is 0.717. The minimum absolute atomic E-state index is 0.863. The van der Waals surface area contributed by atoms with Crippen LogP contribution >= 0.6 is 11.3 Å². The van der Waals surface area contributed by atoms with Crippen LogP contribution in [0.1, 0.15) is 18.1 Å². The van der Waals surface area contributed by atoms with Crippen LogP contribution in [-0.2, 0) is 13.0 Å². The predicted octanol–water partition coefficient (Wildman–Crippen LogP) is 4.98. The van der Waals surface area contributed by atoms with Crippen LogP contribution in [0.2, 0.25) is 0 Å². The number of rotatable bonds is 5. The van der Waals surface area contributed by atoms with E-state index in [1.54, 1.807) is 11.3 Å². The summed E-state index contributed by atoms with van der Waals surface area (Å²) in [6.45, 7) is 3.06. The number of benzene rings is 1. The molecule has 0 saturated carbocycles. The van der Waals surface area contributed by atoms with Crippen molar-refractivity contribution in [2.45, 2.75) is 19.9 Å². The summed E-state index contributed by atoms with van der Waals surface area (Å²) in [4.78, 5) is 5.59. The first-order chi connectivity index (χ1) is 10.4. The van der Waals surface area contributed by atoms with Gasteiger partial charge in [0.2, 0.25) is 0 Å². The molecule has 0 bridgehead atoms. The fraction of sp³-hybridized carbons (Fsp3) is 0.167. The number of pyridine rings is 1. The summed E-state index contributed by atoms with van der Waals surface area (Å²) in [6.07, 6.45) is 2.90. The summed E-state index contributed by atoms with van der Waals surface area (Å²) in [6, 6.07) is 16.8. The minimum Gasteiger partial charge on any atom is -0.380 e. The van der Waals surface area contributed by atoms with E-state index in [0.29, 0.717) is 0 Å². The molecule has 106 valence electrons. The van der Waals surface area contributed by atoms with Crippen LogP contribution in [0.15, 0.2) is 60.1 Å². The molecular weight excluding hydrogens is 276 g/mol. The molecule has 3 heteroatoms. The van der Waals surface area contributed by atoms with E-state index in [0.717, 1.165) is 24.3 Å². The molecule has 0 amide bonds.